The second-order valence-electron chi connectivity index (χ2n) is 6.36. The maximum atomic E-state index is 2.41. The van der Waals surface area contributed by atoms with Crippen LogP contribution in [0.4, 0.5) is 0 Å². The Bertz CT molecular complexity index is 316. The summed E-state index contributed by atoms with van der Waals surface area (Å²) >= 11 is -0.229. The van der Waals surface area contributed by atoms with E-state index in [4.69, 9.17) is 0 Å². The molecule has 0 aromatic carbocycles. The average Bonchev–Trinajstić information content (AvgIpc) is 2.57. The Hall–Kier alpha value is 0.966. The monoisotopic (exact) mass is 605 g/mol. The van der Waals surface area contributed by atoms with Crippen molar-refractivity contribution in [2.45, 2.75) is 89.4 Å². The largest absolute Gasteiger partial charge is 0.233 e. The summed E-state index contributed by atoms with van der Waals surface area (Å²) in [4.78, 5) is 0. The standard InChI is InChI=1S/C6H12.3C6H11.Sm.Sn/c1-4-5-6(2)3;3*1-3-5-6-4-2;;/h4-6H,1-3H3;3*3,5-6H,4H2,1-2H3;;/q;;;-1;;. The van der Waals surface area contributed by atoms with Gasteiger partial charge in [0.15, 0.2) is 0 Å². The molecule has 2 heteroatoms. The first-order valence-electron chi connectivity index (χ1n) is 10.1. The third kappa shape index (κ3) is 39.9. The molecule has 0 aliphatic rings. The second kappa shape index (κ2) is 30.7. The third-order valence-corrected chi connectivity index (χ3v) is 7.09. The quantitative estimate of drug-likeness (QED) is 0.141. The van der Waals surface area contributed by atoms with Gasteiger partial charge in [0, 0.05) is 40.4 Å². The van der Waals surface area contributed by atoms with Gasteiger partial charge in [0.2, 0.25) is 0 Å². The Morgan fingerprint density at radius 3 is 1.38 bits per heavy atom. The summed E-state index contributed by atoms with van der Waals surface area (Å²) in [6.45, 7) is 19.7. The summed E-state index contributed by atoms with van der Waals surface area (Å²) in [5.74, 6) is 0.718. The molecule has 0 nitrogen and oxygen atoms in total. The molecule has 0 aromatic heterocycles. The van der Waals surface area contributed by atoms with Crippen molar-refractivity contribution < 1.29 is 40.4 Å². The Labute approximate surface area is 209 Å². The van der Waals surface area contributed by atoms with E-state index in [1.165, 1.54) is 12.8 Å². The molecule has 0 aliphatic carbocycles. The number of hydrogen-bond donors (Lipinski definition) is 0. The van der Waals surface area contributed by atoms with Gasteiger partial charge in [0.1, 0.15) is 0 Å². The van der Waals surface area contributed by atoms with E-state index < -0.39 is 0 Å². The Balaban J connectivity index is -0.000000157. The zero-order valence-electron chi connectivity index (χ0n) is 19.0. The van der Waals surface area contributed by atoms with Gasteiger partial charge in [-0.1, -0.05) is 32.9 Å². The van der Waals surface area contributed by atoms with Gasteiger partial charge in [-0.05, 0) is 12.8 Å². The van der Waals surface area contributed by atoms with Crippen molar-refractivity contribution in [3.8, 4) is 0 Å². The first kappa shape index (κ1) is 34.5. The summed E-state index contributed by atoms with van der Waals surface area (Å²) in [5, 5.41) is 0. The third-order valence-electron chi connectivity index (χ3n) is 2.99. The molecule has 0 fully saturated rings. The molecule has 0 rings (SSSR count). The van der Waals surface area contributed by atoms with Crippen LogP contribution in [0.15, 0.2) is 48.6 Å². The van der Waals surface area contributed by atoms with E-state index in [9.17, 15) is 0 Å². The SMILES string of the molecule is CC=CC(C)C.CCC=C[CH](C)[Sn][C@@H](C)C=CCC.C[CH-]C=CCC.[Sm]. The smallest absolute Gasteiger partial charge is 0 e. The molecular formula is C24H45SmSn-. The van der Waals surface area contributed by atoms with Crippen LogP contribution in [0.2, 0.25) is 7.87 Å². The van der Waals surface area contributed by atoms with Gasteiger partial charge >= 0.3 is 93.9 Å². The van der Waals surface area contributed by atoms with E-state index in [2.05, 4.69) is 97.1 Å². The van der Waals surface area contributed by atoms with E-state index in [1.54, 1.807) is 0 Å². The minimum atomic E-state index is -0.229. The zero-order chi connectivity index (χ0) is 19.9. The minimum absolute atomic E-state index is 0. The number of allylic oxidation sites excluding steroid dienone is 8. The molecule has 0 spiro atoms. The number of hydrogen-bond acceptors (Lipinski definition) is 0. The van der Waals surface area contributed by atoms with Crippen molar-refractivity contribution >= 4 is 21.1 Å². The second-order valence-corrected chi connectivity index (χ2v) is 12.5. The fraction of sp³-hybridized carbons (Fsp3) is 0.625. The van der Waals surface area contributed by atoms with Crippen LogP contribution >= 0.6 is 0 Å². The van der Waals surface area contributed by atoms with Crippen molar-refractivity contribution in [3.05, 3.63) is 55.0 Å². The van der Waals surface area contributed by atoms with E-state index >= 15 is 0 Å². The van der Waals surface area contributed by atoms with E-state index in [0.29, 0.717) is 0 Å². The fourth-order valence-corrected chi connectivity index (χ4v) is 5.64. The topological polar surface area (TPSA) is 0 Å². The summed E-state index contributed by atoms with van der Waals surface area (Å²) in [6.07, 6.45) is 23.4. The molecule has 0 aromatic rings. The van der Waals surface area contributed by atoms with Crippen LogP contribution in [0.1, 0.15) is 81.6 Å². The predicted molar refractivity (Wildman–Crippen MR) is 123 cm³/mol. The van der Waals surface area contributed by atoms with Crippen LogP contribution < -0.4 is 0 Å². The van der Waals surface area contributed by atoms with Crippen molar-refractivity contribution in [2.24, 2.45) is 5.92 Å². The number of rotatable bonds is 9. The molecule has 26 heavy (non-hydrogen) atoms. The molecule has 0 heterocycles. The van der Waals surface area contributed by atoms with Crippen LogP contribution in [0, 0.1) is 52.7 Å². The van der Waals surface area contributed by atoms with E-state index in [0.717, 1.165) is 20.2 Å². The van der Waals surface area contributed by atoms with Crippen LogP contribution in [-0.4, -0.2) is 21.1 Å². The maximum absolute atomic E-state index is 2.41. The first-order valence-corrected chi connectivity index (χ1v) is 13.3. The average molecular weight is 603 g/mol. The molecule has 2 radical (unpaired) electrons. The Kier molecular flexibility index (Phi) is 40.7. The molecular weight excluding hydrogens is 557 g/mol. The summed E-state index contributed by atoms with van der Waals surface area (Å²) in [7, 11) is 0. The summed E-state index contributed by atoms with van der Waals surface area (Å²) < 4.78 is 1.78. The molecule has 0 bridgehead atoms. The molecule has 0 aliphatic heterocycles. The molecule has 0 N–H and O–H groups in total. The van der Waals surface area contributed by atoms with Gasteiger partial charge in [-0.2, -0.15) is 0 Å². The fourth-order valence-electron chi connectivity index (χ4n) is 1.86. The van der Waals surface area contributed by atoms with Gasteiger partial charge in [-0.3, -0.25) is 0 Å². The first-order chi connectivity index (χ1) is 11.9. The summed E-state index contributed by atoms with van der Waals surface area (Å²) in [5.41, 5.74) is 0. The van der Waals surface area contributed by atoms with Gasteiger partial charge in [-0.15, -0.1) is 13.3 Å². The maximum Gasteiger partial charge on any atom is 0 e. The molecule has 0 saturated heterocycles. The van der Waals surface area contributed by atoms with Crippen LogP contribution in [0.3, 0.4) is 0 Å². The Morgan fingerprint density at radius 2 is 1.19 bits per heavy atom. The van der Waals surface area contributed by atoms with Gasteiger partial charge in [0.25, 0.3) is 0 Å². The summed E-state index contributed by atoms with van der Waals surface area (Å²) in [6, 6.07) is 0. The molecule has 152 valence electrons. The predicted octanol–water partition coefficient (Wildman–Crippen LogP) is 8.64. The van der Waals surface area contributed by atoms with Gasteiger partial charge in [0.05, 0.1) is 0 Å². The van der Waals surface area contributed by atoms with Gasteiger partial charge < -0.3 is 0 Å². The van der Waals surface area contributed by atoms with Gasteiger partial charge in [-0.25, -0.2) is 18.6 Å². The molecule has 0 saturated carbocycles. The van der Waals surface area contributed by atoms with Crippen LogP contribution in [-0.2, 0) is 0 Å². The molecule has 2 atom stereocenters. The van der Waals surface area contributed by atoms with Crippen LogP contribution in [0.25, 0.3) is 0 Å². The zero-order valence-corrected chi connectivity index (χ0v) is 24.4. The molecule has 1 unspecified atom stereocenters. The van der Waals surface area contributed by atoms with Crippen molar-refractivity contribution in [1.82, 2.24) is 0 Å². The normalized spacial score (nSPS) is 13.3. The van der Waals surface area contributed by atoms with E-state index in [-0.39, 0.29) is 61.5 Å². The molecule has 0 amide bonds. The minimum Gasteiger partial charge on any atom is -0.233 e. The van der Waals surface area contributed by atoms with Crippen molar-refractivity contribution in [3.63, 3.8) is 0 Å². The van der Waals surface area contributed by atoms with Crippen molar-refractivity contribution in [1.29, 1.82) is 0 Å². The Morgan fingerprint density at radius 1 is 0.769 bits per heavy atom. The van der Waals surface area contributed by atoms with Crippen molar-refractivity contribution in [2.75, 3.05) is 0 Å². The van der Waals surface area contributed by atoms with Crippen LogP contribution in [0.5, 0.6) is 0 Å². The van der Waals surface area contributed by atoms with E-state index in [1.807, 2.05) is 20.3 Å².